The number of nitrogens with one attached hydrogen (secondary N) is 1. The van der Waals surface area contributed by atoms with E-state index in [2.05, 4.69) is 5.32 Å². The zero-order valence-electron chi connectivity index (χ0n) is 18.0. The van der Waals surface area contributed by atoms with E-state index in [1.165, 1.54) is 22.8 Å². The molecule has 0 radical (unpaired) electrons. The highest BCUT2D eigenvalue weighted by atomic mass is 35.5. The average molecular weight is 466 g/mol. The van der Waals surface area contributed by atoms with Crippen molar-refractivity contribution in [3.8, 4) is 5.69 Å². The molecule has 0 saturated heterocycles. The van der Waals surface area contributed by atoms with Gasteiger partial charge in [0.15, 0.2) is 0 Å². The highest BCUT2D eigenvalue weighted by Gasteiger charge is 2.23. The van der Waals surface area contributed by atoms with E-state index in [-0.39, 0.29) is 23.3 Å². The monoisotopic (exact) mass is 465 g/mol. The molecule has 0 fully saturated rings. The summed E-state index contributed by atoms with van der Waals surface area (Å²) in [6, 6.07) is 16.4. The third-order valence-corrected chi connectivity index (χ3v) is 5.69. The Morgan fingerprint density at radius 2 is 1.79 bits per heavy atom. The van der Waals surface area contributed by atoms with Crippen molar-refractivity contribution in [2.75, 3.05) is 0 Å². The normalized spacial score (nSPS) is 12.0. The molecule has 4 aromatic rings. The molecule has 8 heteroatoms. The molecule has 0 aliphatic rings. The van der Waals surface area contributed by atoms with Crippen molar-refractivity contribution in [1.82, 2.24) is 14.5 Å². The lowest BCUT2D eigenvalue weighted by atomic mass is 10.2. The van der Waals surface area contributed by atoms with E-state index in [0.29, 0.717) is 16.3 Å². The van der Waals surface area contributed by atoms with E-state index in [4.69, 9.17) is 11.6 Å². The van der Waals surface area contributed by atoms with Gasteiger partial charge in [0, 0.05) is 11.6 Å². The van der Waals surface area contributed by atoms with E-state index < -0.39 is 23.2 Å². The first kappa shape index (κ1) is 22.5. The van der Waals surface area contributed by atoms with Crippen molar-refractivity contribution < 1.29 is 9.18 Å². The molecule has 0 bridgehead atoms. The van der Waals surface area contributed by atoms with Crippen LogP contribution in [0.2, 0.25) is 5.02 Å². The number of aromatic nitrogens is 2. The largest absolute Gasteiger partial charge is 0.350 e. The van der Waals surface area contributed by atoms with Gasteiger partial charge in [-0.1, -0.05) is 35.9 Å². The van der Waals surface area contributed by atoms with E-state index in [1.54, 1.807) is 49.4 Å². The molecule has 0 aliphatic heterocycles. The zero-order valence-corrected chi connectivity index (χ0v) is 18.8. The Bertz CT molecular complexity index is 1480. The lowest BCUT2D eigenvalue weighted by molar-refractivity contribution is -0.124. The first-order valence-corrected chi connectivity index (χ1v) is 10.7. The quantitative estimate of drug-likeness (QED) is 0.481. The van der Waals surface area contributed by atoms with E-state index in [1.807, 2.05) is 13.0 Å². The summed E-state index contributed by atoms with van der Waals surface area (Å²) in [6.45, 7) is 3.60. The second kappa shape index (κ2) is 9.03. The van der Waals surface area contributed by atoms with Crippen LogP contribution < -0.4 is 16.6 Å². The summed E-state index contributed by atoms with van der Waals surface area (Å²) in [5, 5.41) is 3.36. The van der Waals surface area contributed by atoms with Crippen molar-refractivity contribution in [1.29, 1.82) is 0 Å². The van der Waals surface area contributed by atoms with Gasteiger partial charge in [0.2, 0.25) is 5.91 Å². The van der Waals surface area contributed by atoms with E-state index >= 15 is 0 Å². The Morgan fingerprint density at radius 3 is 2.48 bits per heavy atom. The molecule has 1 N–H and O–H groups in total. The van der Waals surface area contributed by atoms with Gasteiger partial charge in [-0.15, -0.1) is 0 Å². The van der Waals surface area contributed by atoms with E-state index in [9.17, 15) is 18.8 Å². The first-order valence-electron chi connectivity index (χ1n) is 10.3. The van der Waals surface area contributed by atoms with Crippen LogP contribution in [0.15, 0.2) is 76.3 Å². The highest BCUT2D eigenvalue weighted by Crippen LogP contribution is 2.20. The van der Waals surface area contributed by atoms with Crippen LogP contribution in [0.1, 0.15) is 24.1 Å². The van der Waals surface area contributed by atoms with Crippen LogP contribution in [-0.4, -0.2) is 15.0 Å². The number of amides is 1. The molecule has 4 rings (SSSR count). The highest BCUT2D eigenvalue weighted by molar-refractivity contribution is 6.31. The van der Waals surface area contributed by atoms with Crippen molar-refractivity contribution in [2.24, 2.45) is 0 Å². The minimum Gasteiger partial charge on any atom is -0.350 e. The molecule has 33 heavy (non-hydrogen) atoms. The third kappa shape index (κ3) is 4.45. The Labute approximate surface area is 193 Å². The summed E-state index contributed by atoms with van der Waals surface area (Å²) >= 11 is 6.16. The second-order valence-corrected chi connectivity index (χ2v) is 8.25. The van der Waals surface area contributed by atoms with Crippen LogP contribution >= 0.6 is 11.6 Å². The number of hydrogen-bond donors (Lipinski definition) is 1. The number of carbonyl (C=O) groups is 1. The Balaban J connectivity index is 1.82. The number of benzene rings is 3. The topological polar surface area (TPSA) is 73.1 Å². The second-order valence-electron chi connectivity index (χ2n) is 7.81. The molecular formula is C25H21ClFN3O3. The van der Waals surface area contributed by atoms with Crippen LogP contribution in [0.25, 0.3) is 16.6 Å². The maximum atomic E-state index is 13.5. The van der Waals surface area contributed by atoms with Gasteiger partial charge in [-0.2, -0.15) is 0 Å². The lowest BCUT2D eigenvalue weighted by Gasteiger charge is -2.20. The molecule has 0 aliphatic carbocycles. The summed E-state index contributed by atoms with van der Waals surface area (Å²) in [6.07, 6.45) is 0. The van der Waals surface area contributed by atoms with Gasteiger partial charge >= 0.3 is 5.69 Å². The summed E-state index contributed by atoms with van der Waals surface area (Å²) in [4.78, 5) is 39.8. The molecule has 168 valence electrons. The maximum absolute atomic E-state index is 13.5. The van der Waals surface area contributed by atoms with Crippen molar-refractivity contribution >= 4 is 28.4 Å². The molecule has 1 heterocycles. The predicted octanol–water partition coefficient (Wildman–Crippen LogP) is 4.13. The van der Waals surface area contributed by atoms with Gasteiger partial charge in [0.25, 0.3) is 5.56 Å². The lowest BCUT2D eigenvalue weighted by Crippen LogP contribution is -2.43. The van der Waals surface area contributed by atoms with Gasteiger partial charge < -0.3 is 5.32 Å². The van der Waals surface area contributed by atoms with Crippen LogP contribution in [-0.2, 0) is 11.3 Å². The van der Waals surface area contributed by atoms with Crippen molar-refractivity contribution in [2.45, 2.75) is 26.4 Å². The standard InChI is InChI=1S/C25H21ClFN3O3/c1-15-4-3-5-20(12-15)30-24(32)21-11-8-18(26)13-22(21)29(25(30)33)16(2)23(31)28-14-17-6-9-19(27)10-7-17/h3-13,16H,14H2,1-2H3,(H,28,31). The molecule has 0 spiro atoms. The van der Waals surface area contributed by atoms with Gasteiger partial charge in [-0.05, 0) is 67.4 Å². The number of aryl methyl sites for hydroxylation is 1. The SMILES string of the molecule is Cc1cccc(-n2c(=O)c3ccc(Cl)cc3n(C(C)C(=O)NCc3ccc(F)cc3)c2=O)c1. The zero-order chi connectivity index (χ0) is 23.7. The number of fused-ring (bicyclic) bond motifs is 1. The van der Waals surface area contributed by atoms with Gasteiger partial charge in [0.1, 0.15) is 11.9 Å². The molecular weight excluding hydrogens is 445 g/mol. The number of rotatable bonds is 5. The molecule has 1 amide bonds. The fourth-order valence-electron chi connectivity index (χ4n) is 3.73. The molecule has 3 aromatic carbocycles. The molecule has 1 aromatic heterocycles. The van der Waals surface area contributed by atoms with Gasteiger partial charge in [-0.25, -0.2) is 13.8 Å². The van der Waals surface area contributed by atoms with Crippen LogP contribution in [0, 0.1) is 12.7 Å². The van der Waals surface area contributed by atoms with Crippen molar-refractivity contribution in [3.63, 3.8) is 0 Å². The predicted molar refractivity (Wildman–Crippen MR) is 127 cm³/mol. The molecule has 0 saturated carbocycles. The Kier molecular flexibility index (Phi) is 6.16. The minimum absolute atomic E-state index is 0.161. The number of carbonyl (C=O) groups excluding carboxylic acids is 1. The van der Waals surface area contributed by atoms with E-state index in [0.717, 1.165) is 10.1 Å². The Morgan fingerprint density at radius 1 is 1.06 bits per heavy atom. The smallest absolute Gasteiger partial charge is 0.336 e. The maximum Gasteiger partial charge on any atom is 0.336 e. The fraction of sp³-hybridized carbons (Fsp3) is 0.160. The fourth-order valence-corrected chi connectivity index (χ4v) is 3.89. The molecule has 6 nitrogen and oxygen atoms in total. The minimum atomic E-state index is -0.949. The van der Waals surface area contributed by atoms with Crippen molar-refractivity contribution in [3.05, 3.63) is 110 Å². The molecule has 1 unspecified atom stereocenters. The van der Waals surface area contributed by atoms with Crippen LogP contribution in [0.4, 0.5) is 4.39 Å². The van der Waals surface area contributed by atoms with Gasteiger partial charge in [0.05, 0.1) is 16.6 Å². The summed E-state index contributed by atoms with van der Waals surface area (Å²) in [7, 11) is 0. The number of halogens is 2. The van der Waals surface area contributed by atoms with Crippen LogP contribution in [0.5, 0.6) is 0 Å². The summed E-state index contributed by atoms with van der Waals surface area (Å²) < 4.78 is 15.5. The van der Waals surface area contributed by atoms with Crippen LogP contribution in [0.3, 0.4) is 0 Å². The summed E-state index contributed by atoms with van der Waals surface area (Å²) in [5.74, 6) is -0.802. The summed E-state index contributed by atoms with van der Waals surface area (Å²) in [5.41, 5.74) is 1.13. The third-order valence-electron chi connectivity index (χ3n) is 5.46. The average Bonchev–Trinajstić information content (AvgIpc) is 2.78. The first-order chi connectivity index (χ1) is 15.8. The number of hydrogen-bond acceptors (Lipinski definition) is 3. The molecule has 1 atom stereocenters. The number of nitrogens with zero attached hydrogens (tertiary/aromatic N) is 2. The Hall–Kier alpha value is -3.71. The van der Waals surface area contributed by atoms with Gasteiger partial charge in [-0.3, -0.25) is 14.2 Å².